The average Bonchev–Trinajstić information content (AvgIpc) is 2.02. The van der Waals surface area contributed by atoms with Crippen LogP contribution in [0.25, 0.3) is 0 Å². The Labute approximate surface area is 87.2 Å². The highest BCUT2D eigenvalue weighted by atomic mass is 16.4. The summed E-state index contributed by atoms with van der Waals surface area (Å²) in [6.45, 7) is 7.58. The molecule has 84 valence electrons. The maximum atomic E-state index is 9.00. The Balaban J connectivity index is 0. The molecule has 0 radical (unpaired) electrons. The lowest BCUT2D eigenvalue weighted by atomic mass is 10.1. The van der Waals surface area contributed by atoms with E-state index < -0.39 is 5.97 Å². The van der Waals surface area contributed by atoms with Gasteiger partial charge in [-0.25, -0.2) is 0 Å². The van der Waals surface area contributed by atoms with Crippen LogP contribution in [0.15, 0.2) is 11.6 Å². The summed E-state index contributed by atoms with van der Waals surface area (Å²) in [6.07, 6.45) is 4.72. The van der Waals surface area contributed by atoms with Crippen molar-refractivity contribution in [2.24, 2.45) is 0 Å². The van der Waals surface area contributed by atoms with Crippen molar-refractivity contribution in [2.75, 3.05) is 7.05 Å². The van der Waals surface area contributed by atoms with Gasteiger partial charge in [-0.3, -0.25) is 4.79 Å². The summed E-state index contributed by atoms with van der Waals surface area (Å²) in [5.74, 6) is -0.833. The van der Waals surface area contributed by atoms with Gasteiger partial charge in [-0.15, -0.1) is 0 Å². The van der Waals surface area contributed by atoms with Gasteiger partial charge in [0.05, 0.1) is 0 Å². The van der Waals surface area contributed by atoms with Crippen molar-refractivity contribution in [3.63, 3.8) is 0 Å². The maximum Gasteiger partial charge on any atom is 0.300 e. The number of aliphatic carboxylic acids is 1. The standard InChI is InChI=1S/C9H19N.C2H4O2/c1-8(2)6-5-7-9(3)10-4;1-2(3)4/h6,9-10H,5,7H2,1-4H3;1H3,(H,3,4). The van der Waals surface area contributed by atoms with E-state index in [1.807, 2.05) is 7.05 Å². The van der Waals surface area contributed by atoms with Crippen molar-refractivity contribution in [3.05, 3.63) is 11.6 Å². The van der Waals surface area contributed by atoms with Crippen molar-refractivity contribution < 1.29 is 9.90 Å². The Morgan fingerprint density at radius 3 is 2.14 bits per heavy atom. The second-order valence-electron chi connectivity index (χ2n) is 3.57. The van der Waals surface area contributed by atoms with Crippen molar-refractivity contribution >= 4 is 5.97 Å². The summed E-state index contributed by atoms with van der Waals surface area (Å²) < 4.78 is 0. The summed E-state index contributed by atoms with van der Waals surface area (Å²) in [6, 6.07) is 0.649. The molecule has 3 heteroatoms. The van der Waals surface area contributed by atoms with Gasteiger partial charge in [-0.2, -0.15) is 0 Å². The molecule has 0 fully saturated rings. The zero-order valence-electron chi connectivity index (χ0n) is 9.92. The van der Waals surface area contributed by atoms with Crippen LogP contribution in [0, 0.1) is 0 Å². The molecule has 0 rings (SSSR count). The van der Waals surface area contributed by atoms with Crippen molar-refractivity contribution in [2.45, 2.75) is 46.6 Å². The van der Waals surface area contributed by atoms with Crippen LogP contribution < -0.4 is 5.32 Å². The van der Waals surface area contributed by atoms with Crippen LogP contribution in [0.4, 0.5) is 0 Å². The maximum absolute atomic E-state index is 9.00. The summed E-state index contributed by atoms with van der Waals surface area (Å²) in [5.41, 5.74) is 1.42. The van der Waals surface area contributed by atoms with E-state index in [1.54, 1.807) is 0 Å². The number of allylic oxidation sites excluding steroid dienone is 2. The van der Waals surface area contributed by atoms with Gasteiger partial charge in [0.2, 0.25) is 0 Å². The monoisotopic (exact) mass is 201 g/mol. The molecule has 0 aliphatic heterocycles. The van der Waals surface area contributed by atoms with Crippen LogP contribution in [0.2, 0.25) is 0 Å². The molecule has 0 aromatic rings. The lowest BCUT2D eigenvalue weighted by Gasteiger charge is -2.06. The Bertz CT molecular complexity index is 168. The lowest BCUT2D eigenvalue weighted by Crippen LogP contribution is -2.20. The van der Waals surface area contributed by atoms with Gasteiger partial charge in [-0.1, -0.05) is 11.6 Å². The molecule has 2 N–H and O–H groups in total. The molecule has 0 aromatic heterocycles. The van der Waals surface area contributed by atoms with Crippen LogP contribution in [-0.2, 0) is 4.79 Å². The Morgan fingerprint density at radius 2 is 1.86 bits per heavy atom. The summed E-state index contributed by atoms with van der Waals surface area (Å²) in [7, 11) is 2.01. The van der Waals surface area contributed by atoms with E-state index in [1.165, 1.54) is 18.4 Å². The number of carboxylic acids is 1. The number of hydrogen-bond donors (Lipinski definition) is 2. The molecule has 0 saturated carbocycles. The minimum Gasteiger partial charge on any atom is -0.481 e. The third-order valence-electron chi connectivity index (χ3n) is 1.65. The average molecular weight is 201 g/mol. The van der Waals surface area contributed by atoms with Crippen molar-refractivity contribution in [1.29, 1.82) is 0 Å². The van der Waals surface area contributed by atoms with Gasteiger partial charge in [0.25, 0.3) is 5.97 Å². The van der Waals surface area contributed by atoms with Crippen LogP contribution in [0.5, 0.6) is 0 Å². The van der Waals surface area contributed by atoms with E-state index in [0.717, 1.165) is 6.92 Å². The molecule has 3 nitrogen and oxygen atoms in total. The first-order valence-corrected chi connectivity index (χ1v) is 4.90. The molecule has 0 aromatic carbocycles. The Hall–Kier alpha value is -0.830. The molecule has 0 saturated heterocycles. The summed E-state index contributed by atoms with van der Waals surface area (Å²) in [5, 5.41) is 10.6. The quantitative estimate of drug-likeness (QED) is 0.687. The molecule has 14 heavy (non-hydrogen) atoms. The number of nitrogens with one attached hydrogen (secondary N) is 1. The van der Waals surface area contributed by atoms with Gasteiger partial charge in [0.15, 0.2) is 0 Å². The Morgan fingerprint density at radius 1 is 1.43 bits per heavy atom. The van der Waals surface area contributed by atoms with E-state index in [9.17, 15) is 0 Å². The highest BCUT2D eigenvalue weighted by Crippen LogP contribution is 1.99. The van der Waals surface area contributed by atoms with Crippen LogP contribution in [0.1, 0.15) is 40.5 Å². The fourth-order valence-corrected chi connectivity index (χ4v) is 0.766. The van der Waals surface area contributed by atoms with E-state index in [-0.39, 0.29) is 0 Å². The zero-order valence-corrected chi connectivity index (χ0v) is 9.92. The minimum atomic E-state index is -0.833. The van der Waals surface area contributed by atoms with Crippen molar-refractivity contribution in [1.82, 2.24) is 5.32 Å². The summed E-state index contributed by atoms with van der Waals surface area (Å²) >= 11 is 0. The fourth-order valence-electron chi connectivity index (χ4n) is 0.766. The Kier molecular flexibility index (Phi) is 11.4. The van der Waals surface area contributed by atoms with Gasteiger partial charge in [-0.05, 0) is 40.7 Å². The molecule has 0 bridgehead atoms. The topological polar surface area (TPSA) is 49.3 Å². The van der Waals surface area contributed by atoms with Gasteiger partial charge in [0, 0.05) is 13.0 Å². The first-order chi connectivity index (χ1) is 6.40. The van der Waals surface area contributed by atoms with Crippen LogP contribution >= 0.6 is 0 Å². The number of rotatable bonds is 4. The van der Waals surface area contributed by atoms with E-state index in [4.69, 9.17) is 9.90 Å². The predicted molar refractivity (Wildman–Crippen MR) is 60.5 cm³/mol. The van der Waals surface area contributed by atoms with Gasteiger partial charge < -0.3 is 10.4 Å². The first kappa shape index (κ1) is 15.6. The fraction of sp³-hybridized carbons (Fsp3) is 0.727. The van der Waals surface area contributed by atoms with Crippen LogP contribution in [-0.4, -0.2) is 24.2 Å². The van der Waals surface area contributed by atoms with Crippen LogP contribution in [0.3, 0.4) is 0 Å². The predicted octanol–water partition coefficient (Wildman–Crippen LogP) is 2.43. The number of carboxylic acid groups (broad SMARTS) is 1. The molecule has 1 unspecified atom stereocenters. The highest BCUT2D eigenvalue weighted by molar-refractivity contribution is 5.62. The second kappa shape index (κ2) is 10.3. The van der Waals surface area contributed by atoms with E-state index >= 15 is 0 Å². The SMILES string of the molecule is CC(=O)O.CNC(C)CCC=C(C)C. The molecule has 0 spiro atoms. The smallest absolute Gasteiger partial charge is 0.300 e. The summed E-state index contributed by atoms with van der Waals surface area (Å²) in [4.78, 5) is 9.00. The molecular weight excluding hydrogens is 178 g/mol. The lowest BCUT2D eigenvalue weighted by molar-refractivity contribution is -0.134. The normalized spacial score (nSPS) is 10.9. The van der Waals surface area contributed by atoms with Gasteiger partial charge in [0.1, 0.15) is 0 Å². The van der Waals surface area contributed by atoms with Gasteiger partial charge >= 0.3 is 0 Å². The number of hydrogen-bond acceptors (Lipinski definition) is 2. The second-order valence-corrected chi connectivity index (χ2v) is 3.57. The number of carbonyl (C=O) groups is 1. The first-order valence-electron chi connectivity index (χ1n) is 4.90. The van der Waals surface area contributed by atoms with E-state index in [2.05, 4.69) is 32.2 Å². The minimum absolute atomic E-state index is 0.649. The third-order valence-corrected chi connectivity index (χ3v) is 1.65. The molecule has 0 heterocycles. The molecule has 1 atom stereocenters. The molecule has 0 amide bonds. The molecular formula is C11H23NO2. The largest absolute Gasteiger partial charge is 0.481 e. The van der Waals surface area contributed by atoms with E-state index in [0.29, 0.717) is 6.04 Å². The zero-order chi connectivity index (χ0) is 11.6. The molecule has 0 aliphatic rings. The highest BCUT2D eigenvalue weighted by Gasteiger charge is 1.93. The molecule has 0 aliphatic carbocycles. The third kappa shape index (κ3) is 22.5. The van der Waals surface area contributed by atoms with Crippen molar-refractivity contribution in [3.8, 4) is 0 Å².